The van der Waals surface area contributed by atoms with Crippen LogP contribution < -0.4 is 0 Å². The summed E-state index contributed by atoms with van der Waals surface area (Å²) in [5.74, 6) is -6.79. The van der Waals surface area contributed by atoms with Crippen molar-refractivity contribution >= 4 is 15.6 Å². The van der Waals surface area contributed by atoms with Crippen molar-refractivity contribution in [2.24, 2.45) is 17.3 Å². The summed E-state index contributed by atoms with van der Waals surface area (Å²) in [5.41, 5.74) is -1.62. The molecule has 10 heteroatoms. The van der Waals surface area contributed by atoms with Gasteiger partial charge in [0.05, 0.1) is 4.90 Å². The Kier molecular flexibility index (Phi) is 5.89. The molecular formula is C27H29F5O4S. The molecule has 0 aliphatic heterocycles. The third kappa shape index (κ3) is 3.76. The smallest absolute Gasteiger partial charge is 0.383 e. The van der Waals surface area contributed by atoms with E-state index in [4.69, 9.17) is 0 Å². The molecule has 1 N–H and O–H groups in total. The first-order valence-electron chi connectivity index (χ1n) is 12.4. The highest BCUT2D eigenvalue weighted by Gasteiger charge is 2.79. The minimum Gasteiger partial charge on any atom is -0.383 e. The zero-order valence-electron chi connectivity index (χ0n) is 20.5. The van der Waals surface area contributed by atoms with E-state index < -0.39 is 51.2 Å². The van der Waals surface area contributed by atoms with Gasteiger partial charge in [-0.25, -0.2) is 8.42 Å². The molecule has 0 heterocycles. The summed E-state index contributed by atoms with van der Waals surface area (Å²) < 4.78 is 94.8. The molecule has 0 radical (unpaired) electrons. The average Bonchev–Trinajstić information content (AvgIpc) is 3.09. The summed E-state index contributed by atoms with van der Waals surface area (Å²) in [4.78, 5) is 12.2. The van der Waals surface area contributed by atoms with Gasteiger partial charge in [0.25, 0.3) is 0 Å². The molecule has 0 bridgehead atoms. The van der Waals surface area contributed by atoms with Crippen LogP contribution >= 0.6 is 0 Å². The minimum atomic E-state index is -5.91. The molecule has 4 nitrogen and oxygen atoms in total. The molecule has 4 aliphatic rings. The molecule has 0 amide bonds. The number of allylic oxidation sites excluding steroid dienone is 4. The zero-order chi connectivity index (χ0) is 27.2. The fraction of sp³-hybridized carbons (Fsp3) is 0.593. The normalized spacial score (nSPS) is 34.5. The molecule has 202 valence electrons. The van der Waals surface area contributed by atoms with Crippen molar-refractivity contribution in [3.8, 4) is 0 Å². The quantitative estimate of drug-likeness (QED) is 0.480. The summed E-state index contributed by atoms with van der Waals surface area (Å²) in [7, 11) is -3.50. The van der Waals surface area contributed by atoms with Crippen molar-refractivity contribution in [2.45, 2.75) is 80.4 Å². The van der Waals surface area contributed by atoms with E-state index in [1.54, 1.807) is 18.2 Å². The lowest BCUT2D eigenvalue weighted by atomic mass is 9.50. The second kappa shape index (κ2) is 8.21. The fourth-order valence-electron chi connectivity index (χ4n) is 7.66. The van der Waals surface area contributed by atoms with Crippen LogP contribution in [0.4, 0.5) is 22.0 Å². The highest BCUT2D eigenvalue weighted by Crippen LogP contribution is 2.70. The Morgan fingerprint density at radius 3 is 2.24 bits per heavy atom. The molecule has 5 atom stereocenters. The van der Waals surface area contributed by atoms with Gasteiger partial charge in [-0.1, -0.05) is 24.6 Å². The third-order valence-corrected chi connectivity index (χ3v) is 10.6. The molecule has 0 aromatic heterocycles. The molecule has 1 aromatic carbocycles. The first-order valence-corrected chi connectivity index (χ1v) is 14.3. The number of halogens is 5. The molecule has 0 spiro atoms. The monoisotopic (exact) mass is 544 g/mol. The molecule has 4 unspecified atom stereocenters. The van der Waals surface area contributed by atoms with Gasteiger partial charge in [-0.2, -0.15) is 22.0 Å². The molecular weight excluding hydrogens is 515 g/mol. The van der Waals surface area contributed by atoms with E-state index in [0.717, 1.165) is 23.0 Å². The number of sulfone groups is 1. The van der Waals surface area contributed by atoms with Crippen LogP contribution in [0.15, 0.2) is 52.0 Å². The Bertz CT molecular complexity index is 1310. The van der Waals surface area contributed by atoms with Crippen LogP contribution in [0.3, 0.4) is 0 Å². The summed E-state index contributed by atoms with van der Waals surface area (Å²) >= 11 is 0. The van der Waals surface area contributed by atoms with Gasteiger partial charge in [0.15, 0.2) is 15.6 Å². The van der Waals surface area contributed by atoms with Crippen molar-refractivity contribution in [1.29, 1.82) is 0 Å². The maximum Gasteiger partial charge on any atom is 0.456 e. The highest BCUT2D eigenvalue weighted by atomic mass is 32.2. The van der Waals surface area contributed by atoms with Gasteiger partial charge in [-0.05, 0) is 85.3 Å². The first kappa shape index (κ1) is 26.5. The largest absolute Gasteiger partial charge is 0.456 e. The van der Waals surface area contributed by atoms with Gasteiger partial charge >= 0.3 is 12.1 Å². The van der Waals surface area contributed by atoms with Crippen molar-refractivity contribution in [2.75, 3.05) is 6.26 Å². The molecule has 2 fully saturated rings. The molecule has 2 saturated carbocycles. The number of hydrogen-bond acceptors (Lipinski definition) is 4. The Hall–Kier alpha value is -2.07. The Morgan fingerprint density at radius 1 is 1.00 bits per heavy atom. The Labute approximate surface area is 212 Å². The summed E-state index contributed by atoms with van der Waals surface area (Å²) in [6.07, 6.45) is -2.22. The number of ketones is 1. The minimum absolute atomic E-state index is 0.00700. The van der Waals surface area contributed by atoms with Crippen LogP contribution in [-0.4, -0.2) is 43.3 Å². The SMILES string of the molecule is CC12C[C@H](c3ccc(S(C)(=O)=O)cc3)C3=C4CCC(=O)C=C4CCC3C1CCC2(O)C(F)(F)C(F)(F)F. The lowest BCUT2D eigenvalue weighted by Gasteiger charge is -2.56. The van der Waals surface area contributed by atoms with Crippen molar-refractivity contribution in [1.82, 2.24) is 0 Å². The Morgan fingerprint density at radius 2 is 1.65 bits per heavy atom. The number of aliphatic hydroxyl groups is 1. The van der Waals surface area contributed by atoms with Crippen LogP contribution in [0.1, 0.15) is 63.4 Å². The summed E-state index contributed by atoms with van der Waals surface area (Å²) in [6, 6.07) is 5.98. The number of carbonyl (C=O) groups is 1. The van der Waals surface area contributed by atoms with Gasteiger partial charge < -0.3 is 5.11 Å². The van der Waals surface area contributed by atoms with Crippen molar-refractivity contribution in [3.63, 3.8) is 0 Å². The van der Waals surface area contributed by atoms with Gasteiger partial charge in [0, 0.05) is 24.0 Å². The molecule has 37 heavy (non-hydrogen) atoms. The summed E-state index contributed by atoms with van der Waals surface area (Å²) in [5, 5.41) is 11.3. The topological polar surface area (TPSA) is 71.4 Å². The van der Waals surface area contributed by atoms with E-state index in [-0.39, 0.29) is 29.4 Å². The van der Waals surface area contributed by atoms with Crippen LogP contribution in [0.2, 0.25) is 0 Å². The van der Waals surface area contributed by atoms with E-state index in [0.29, 0.717) is 31.2 Å². The molecule has 4 aliphatic carbocycles. The maximum atomic E-state index is 15.0. The van der Waals surface area contributed by atoms with E-state index in [2.05, 4.69) is 0 Å². The van der Waals surface area contributed by atoms with Crippen LogP contribution in [0.25, 0.3) is 0 Å². The third-order valence-electron chi connectivity index (χ3n) is 9.47. The van der Waals surface area contributed by atoms with Crippen LogP contribution in [0.5, 0.6) is 0 Å². The maximum absolute atomic E-state index is 15.0. The lowest BCUT2D eigenvalue weighted by Crippen LogP contribution is -2.65. The summed E-state index contributed by atoms with van der Waals surface area (Å²) in [6.45, 7) is 1.36. The van der Waals surface area contributed by atoms with Gasteiger partial charge in [-0.15, -0.1) is 0 Å². The van der Waals surface area contributed by atoms with Gasteiger partial charge in [-0.3, -0.25) is 4.79 Å². The van der Waals surface area contributed by atoms with E-state index >= 15 is 0 Å². The van der Waals surface area contributed by atoms with Crippen molar-refractivity contribution < 1.29 is 40.3 Å². The fourth-order valence-corrected chi connectivity index (χ4v) is 8.29. The van der Waals surface area contributed by atoms with E-state index in [1.807, 2.05) is 0 Å². The molecule has 1 aromatic rings. The predicted octanol–water partition coefficient (Wildman–Crippen LogP) is 5.92. The van der Waals surface area contributed by atoms with E-state index in [9.17, 15) is 40.3 Å². The molecule has 0 saturated heterocycles. The van der Waals surface area contributed by atoms with Crippen LogP contribution in [0, 0.1) is 17.3 Å². The number of fused-ring (bicyclic) bond motifs is 4. The second-order valence-electron chi connectivity index (χ2n) is 11.3. The highest BCUT2D eigenvalue weighted by molar-refractivity contribution is 7.90. The zero-order valence-corrected chi connectivity index (χ0v) is 21.4. The number of benzene rings is 1. The van der Waals surface area contributed by atoms with E-state index in [1.165, 1.54) is 19.1 Å². The standard InChI is InChI=1S/C27H29F5O4S/c1-24-14-21(15-3-7-18(8-4-15)37(2,35)36)23-19-10-6-17(33)13-16(19)5-9-20(23)22(24)11-12-25(24,34)26(28,29)27(30,31)32/h3-4,7-8,13,20-22,34H,5-6,9-12,14H2,1-2H3/t20?,21-,22?,24?,25?/m1/s1. The number of hydrogen-bond donors (Lipinski definition) is 1. The molecule has 5 rings (SSSR count). The van der Waals surface area contributed by atoms with Gasteiger partial charge in [0.2, 0.25) is 0 Å². The average molecular weight is 545 g/mol. The number of carbonyl (C=O) groups excluding carboxylic acids is 1. The van der Waals surface area contributed by atoms with Gasteiger partial charge in [0.1, 0.15) is 5.60 Å². The predicted molar refractivity (Wildman–Crippen MR) is 126 cm³/mol. The lowest BCUT2D eigenvalue weighted by molar-refractivity contribution is -0.362. The second-order valence-corrected chi connectivity index (χ2v) is 13.3. The number of rotatable bonds is 3. The van der Waals surface area contributed by atoms with Crippen molar-refractivity contribution in [3.05, 3.63) is 52.6 Å². The Balaban J connectivity index is 1.69. The first-order chi connectivity index (χ1) is 17.0. The number of alkyl halides is 5. The van der Waals surface area contributed by atoms with Crippen LogP contribution in [-0.2, 0) is 14.6 Å².